The largest absolute Gasteiger partial charge is 0.486 e. The number of carbonyl (C=O) groups is 1. The molecule has 0 aliphatic carbocycles. The number of nitrogens with one attached hydrogen (secondary N) is 1. The lowest BCUT2D eigenvalue weighted by Gasteiger charge is -2.19. The number of rotatable bonds is 5. The van der Waals surface area contributed by atoms with E-state index in [1.807, 2.05) is 18.2 Å². The van der Waals surface area contributed by atoms with Crippen molar-refractivity contribution in [3.63, 3.8) is 0 Å². The van der Waals surface area contributed by atoms with Gasteiger partial charge in [-0.15, -0.1) is 0 Å². The van der Waals surface area contributed by atoms with Crippen LogP contribution in [-0.2, 0) is 4.79 Å². The van der Waals surface area contributed by atoms with E-state index in [-0.39, 0.29) is 11.7 Å². The fraction of sp³-hybridized carbons (Fsp3) is 0.143. The zero-order chi connectivity index (χ0) is 21.2. The molecule has 0 radical (unpaired) electrons. The van der Waals surface area contributed by atoms with Gasteiger partial charge in [0.05, 0.1) is 23.0 Å². The van der Waals surface area contributed by atoms with Gasteiger partial charge in [0, 0.05) is 16.8 Å². The molecule has 2 aromatic heterocycles. The number of anilines is 1. The van der Waals surface area contributed by atoms with Crippen molar-refractivity contribution in [2.24, 2.45) is 0 Å². The molecule has 0 bridgehead atoms. The summed E-state index contributed by atoms with van der Waals surface area (Å²) >= 11 is 7.42. The first-order chi connectivity index (χ1) is 15.2. The molecule has 3 heterocycles. The van der Waals surface area contributed by atoms with Crippen LogP contribution in [0.25, 0.3) is 16.7 Å². The highest BCUT2D eigenvalue weighted by Gasteiger charge is 2.15. The number of carbonyl (C=O) groups excluding carboxylic acids is 1. The zero-order valence-corrected chi connectivity index (χ0v) is 17.7. The molecule has 1 aliphatic rings. The molecule has 4 aromatic rings. The highest BCUT2D eigenvalue weighted by Crippen LogP contribution is 2.33. The number of ether oxygens (including phenoxy) is 2. The lowest BCUT2D eigenvalue weighted by molar-refractivity contribution is -0.113. The van der Waals surface area contributed by atoms with Crippen LogP contribution in [0.1, 0.15) is 0 Å². The van der Waals surface area contributed by atoms with E-state index in [9.17, 15) is 4.79 Å². The number of benzene rings is 2. The van der Waals surface area contributed by atoms with Crippen LogP contribution in [0.5, 0.6) is 11.5 Å². The molecule has 31 heavy (non-hydrogen) atoms. The SMILES string of the molecule is O=C(CSc1ncnc2c1cnn2-c1cccc(Cl)c1)Nc1ccc2c(c1)OCCO2. The van der Waals surface area contributed by atoms with Crippen molar-refractivity contribution < 1.29 is 14.3 Å². The normalized spacial score (nSPS) is 12.7. The summed E-state index contributed by atoms with van der Waals surface area (Å²) in [6.07, 6.45) is 3.16. The third kappa shape index (κ3) is 4.14. The minimum absolute atomic E-state index is 0.157. The summed E-state index contributed by atoms with van der Waals surface area (Å²) in [6, 6.07) is 12.7. The van der Waals surface area contributed by atoms with Crippen LogP contribution < -0.4 is 14.8 Å². The molecule has 0 spiro atoms. The summed E-state index contributed by atoms with van der Waals surface area (Å²) in [4.78, 5) is 21.1. The lowest BCUT2D eigenvalue weighted by Crippen LogP contribution is -2.17. The molecule has 2 aromatic carbocycles. The summed E-state index contributed by atoms with van der Waals surface area (Å²) in [5, 5.41) is 9.34. The van der Waals surface area contributed by atoms with Crippen molar-refractivity contribution >= 4 is 46.0 Å². The van der Waals surface area contributed by atoms with Crippen molar-refractivity contribution in [1.29, 1.82) is 0 Å². The van der Waals surface area contributed by atoms with Gasteiger partial charge in [-0.1, -0.05) is 29.4 Å². The van der Waals surface area contributed by atoms with Gasteiger partial charge in [0.2, 0.25) is 5.91 Å². The number of thioether (sulfide) groups is 1. The highest BCUT2D eigenvalue weighted by atomic mass is 35.5. The molecule has 8 nitrogen and oxygen atoms in total. The monoisotopic (exact) mass is 453 g/mol. The predicted octanol–water partition coefficient (Wildman–Crippen LogP) is 3.97. The fourth-order valence-electron chi connectivity index (χ4n) is 3.19. The maximum atomic E-state index is 12.5. The van der Waals surface area contributed by atoms with E-state index in [1.165, 1.54) is 18.1 Å². The van der Waals surface area contributed by atoms with Crippen LogP contribution in [-0.4, -0.2) is 44.6 Å². The van der Waals surface area contributed by atoms with Gasteiger partial charge in [-0.2, -0.15) is 5.10 Å². The van der Waals surface area contributed by atoms with Gasteiger partial charge >= 0.3 is 0 Å². The summed E-state index contributed by atoms with van der Waals surface area (Å²) < 4.78 is 12.7. The van der Waals surface area contributed by atoms with Crippen molar-refractivity contribution in [3.8, 4) is 17.2 Å². The molecule has 0 saturated carbocycles. The molecule has 0 unspecified atom stereocenters. The van der Waals surface area contributed by atoms with E-state index < -0.39 is 0 Å². The Morgan fingerprint density at radius 1 is 1.13 bits per heavy atom. The molecule has 5 rings (SSSR count). The van der Waals surface area contributed by atoms with Gasteiger partial charge in [0.15, 0.2) is 17.1 Å². The van der Waals surface area contributed by atoms with Crippen molar-refractivity contribution in [3.05, 3.63) is 60.0 Å². The molecular formula is C21H16ClN5O3S. The summed E-state index contributed by atoms with van der Waals surface area (Å²) in [5.74, 6) is 1.33. The second-order valence-corrected chi connectivity index (χ2v) is 8.05. The number of aromatic nitrogens is 4. The molecule has 0 fully saturated rings. The minimum Gasteiger partial charge on any atom is -0.486 e. The van der Waals surface area contributed by atoms with E-state index in [2.05, 4.69) is 20.4 Å². The van der Waals surface area contributed by atoms with Crippen LogP contribution in [0.3, 0.4) is 0 Å². The van der Waals surface area contributed by atoms with Gasteiger partial charge in [-0.25, -0.2) is 14.6 Å². The Morgan fingerprint density at radius 3 is 2.87 bits per heavy atom. The third-order valence-corrected chi connectivity index (χ3v) is 5.79. The van der Waals surface area contributed by atoms with Crippen molar-refractivity contribution in [2.75, 3.05) is 24.3 Å². The maximum absolute atomic E-state index is 12.5. The lowest BCUT2D eigenvalue weighted by atomic mass is 10.2. The quantitative estimate of drug-likeness (QED) is 0.361. The van der Waals surface area contributed by atoms with E-state index in [1.54, 1.807) is 35.1 Å². The predicted molar refractivity (Wildman–Crippen MR) is 118 cm³/mol. The van der Waals surface area contributed by atoms with E-state index in [4.69, 9.17) is 21.1 Å². The van der Waals surface area contributed by atoms with Crippen LogP contribution in [0, 0.1) is 0 Å². The van der Waals surface area contributed by atoms with Gasteiger partial charge in [-0.3, -0.25) is 4.79 Å². The summed E-state index contributed by atoms with van der Waals surface area (Å²) in [6.45, 7) is 1.02. The van der Waals surface area contributed by atoms with E-state index in [0.29, 0.717) is 46.1 Å². The average Bonchev–Trinajstić information content (AvgIpc) is 3.22. The second kappa shape index (κ2) is 8.44. The average molecular weight is 454 g/mol. The number of nitrogens with zero attached hydrogens (tertiary/aromatic N) is 4. The van der Waals surface area contributed by atoms with E-state index in [0.717, 1.165) is 11.1 Å². The number of fused-ring (bicyclic) bond motifs is 2. The van der Waals surface area contributed by atoms with Gasteiger partial charge in [-0.05, 0) is 30.3 Å². The maximum Gasteiger partial charge on any atom is 0.234 e. The van der Waals surface area contributed by atoms with E-state index >= 15 is 0 Å². The first-order valence-electron chi connectivity index (χ1n) is 9.44. The molecule has 1 amide bonds. The Morgan fingerprint density at radius 2 is 2.00 bits per heavy atom. The zero-order valence-electron chi connectivity index (χ0n) is 16.1. The second-order valence-electron chi connectivity index (χ2n) is 6.65. The van der Waals surface area contributed by atoms with Crippen LogP contribution in [0.2, 0.25) is 5.02 Å². The molecule has 156 valence electrons. The molecule has 0 atom stereocenters. The Labute approximate surface area is 186 Å². The first-order valence-corrected chi connectivity index (χ1v) is 10.8. The molecule has 10 heteroatoms. The van der Waals surface area contributed by atoms with Crippen LogP contribution in [0.4, 0.5) is 5.69 Å². The Bertz CT molecular complexity index is 1280. The fourth-order valence-corrected chi connectivity index (χ4v) is 4.13. The first kappa shape index (κ1) is 19.7. The number of hydrogen-bond acceptors (Lipinski definition) is 7. The van der Waals surface area contributed by atoms with Crippen molar-refractivity contribution in [2.45, 2.75) is 5.03 Å². The standard InChI is InChI=1S/C21H16ClN5O3S/c22-13-2-1-3-15(8-13)27-20-16(10-25-27)21(24-12-23-20)31-11-19(28)26-14-4-5-17-18(9-14)30-7-6-29-17/h1-5,8-10,12H,6-7,11H2,(H,26,28). The highest BCUT2D eigenvalue weighted by molar-refractivity contribution is 8.00. The molecule has 0 saturated heterocycles. The van der Waals surface area contributed by atoms with Gasteiger partial charge in [0.1, 0.15) is 24.6 Å². The van der Waals surface area contributed by atoms with Gasteiger partial charge in [0.25, 0.3) is 0 Å². The topological polar surface area (TPSA) is 91.2 Å². The summed E-state index contributed by atoms with van der Waals surface area (Å²) in [7, 11) is 0. The minimum atomic E-state index is -0.157. The Kier molecular flexibility index (Phi) is 5.35. The molecule has 1 aliphatic heterocycles. The van der Waals surface area contributed by atoms with Crippen LogP contribution >= 0.6 is 23.4 Å². The smallest absolute Gasteiger partial charge is 0.234 e. The number of halogens is 1. The Balaban J connectivity index is 1.30. The molecule has 1 N–H and O–H groups in total. The third-order valence-electron chi connectivity index (χ3n) is 4.55. The van der Waals surface area contributed by atoms with Crippen molar-refractivity contribution in [1.82, 2.24) is 19.7 Å². The Hall–Kier alpha value is -3.30. The van der Waals surface area contributed by atoms with Gasteiger partial charge < -0.3 is 14.8 Å². The number of amides is 1. The summed E-state index contributed by atoms with van der Waals surface area (Å²) in [5.41, 5.74) is 2.09. The molecular weight excluding hydrogens is 438 g/mol. The van der Waals surface area contributed by atoms with Crippen LogP contribution in [0.15, 0.2) is 60.0 Å². The number of hydrogen-bond donors (Lipinski definition) is 1.